The van der Waals surface area contributed by atoms with E-state index < -0.39 is 28.3 Å². The Morgan fingerprint density at radius 1 is 1.27 bits per heavy atom. The van der Waals surface area contributed by atoms with Crippen LogP contribution in [0.15, 0.2) is 34.5 Å². The van der Waals surface area contributed by atoms with Gasteiger partial charge in [-0.1, -0.05) is 11.6 Å². The standard InChI is InChI=1S/C18H19ClFN3O5S2/c1-22(11-16(24)21-12-2-3-14(20)13(19)10-12)30(26,27)17-5-4-15(29-17)18(25)23-6-8-28-9-7-23/h2-5,10H,6-9,11H2,1H3,(H,21,24). The van der Waals surface area contributed by atoms with Crippen molar-refractivity contribution in [2.45, 2.75) is 4.21 Å². The highest BCUT2D eigenvalue weighted by Gasteiger charge is 2.27. The van der Waals surface area contributed by atoms with Crippen molar-refractivity contribution in [2.75, 3.05) is 45.2 Å². The molecule has 0 bridgehead atoms. The highest BCUT2D eigenvalue weighted by Crippen LogP contribution is 2.26. The van der Waals surface area contributed by atoms with Crippen LogP contribution in [-0.2, 0) is 19.6 Å². The van der Waals surface area contributed by atoms with Crippen LogP contribution in [-0.4, -0.2) is 69.3 Å². The van der Waals surface area contributed by atoms with Crippen molar-refractivity contribution in [1.29, 1.82) is 0 Å². The van der Waals surface area contributed by atoms with E-state index in [9.17, 15) is 22.4 Å². The van der Waals surface area contributed by atoms with Gasteiger partial charge >= 0.3 is 0 Å². The van der Waals surface area contributed by atoms with Crippen molar-refractivity contribution in [3.05, 3.63) is 46.0 Å². The molecular weight excluding hydrogens is 457 g/mol. The Morgan fingerprint density at radius 3 is 2.63 bits per heavy atom. The molecule has 1 N–H and O–H groups in total. The number of carbonyl (C=O) groups excluding carboxylic acids is 2. The molecule has 0 radical (unpaired) electrons. The fourth-order valence-electron chi connectivity index (χ4n) is 2.71. The lowest BCUT2D eigenvalue weighted by Gasteiger charge is -2.26. The molecule has 0 saturated carbocycles. The maximum atomic E-state index is 13.2. The minimum Gasteiger partial charge on any atom is -0.378 e. The number of amides is 2. The molecule has 1 fully saturated rings. The third-order valence-electron chi connectivity index (χ3n) is 4.32. The van der Waals surface area contributed by atoms with E-state index in [1.165, 1.54) is 31.3 Å². The van der Waals surface area contributed by atoms with Crippen LogP contribution in [0.4, 0.5) is 10.1 Å². The first-order chi connectivity index (χ1) is 14.2. The number of sulfonamides is 1. The molecule has 8 nitrogen and oxygen atoms in total. The van der Waals surface area contributed by atoms with Gasteiger partial charge in [-0.15, -0.1) is 11.3 Å². The molecule has 0 atom stereocenters. The minimum absolute atomic E-state index is 0.0424. The van der Waals surface area contributed by atoms with E-state index in [1.807, 2.05) is 0 Å². The number of thiophene rings is 1. The first kappa shape index (κ1) is 22.6. The Kier molecular flexibility index (Phi) is 7.09. The number of benzene rings is 1. The van der Waals surface area contributed by atoms with Gasteiger partial charge in [-0.2, -0.15) is 4.31 Å². The fourth-order valence-corrected chi connectivity index (χ4v) is 5.50. The molecule has 1 aliphatic rings. The molecule has 0 spiro atoms. The summed E-state index contributed by atoms with van der Waals surface area (Å²) in [6, 6.07) is 6.45. The number of nitrogens with one attached hydrogen (secondary N) is 1. The van der Waals surface area contributed by atoms with Crippen LogP contribution >= 0.6 is 22.9 Å². The van der Waals surface area contributed by atoms with Gasteiger partial charge in [0.05, 0.1) is 29.7 Å². The molecule has 2 heterocycles. The molecule has 1 saturated heterocycles. The number of rotatable bonds is 6. The van der Waals surface area contributed by atoms with Crippen LogP contribution in [0.25, 0.3) is 0 Å². The Morgan fingerprint density at radius 2 is 1.97 bits per heavy atom. The van der Waals surface area contributed by atoms with E-state index in [0.717, 1.165) is 21.7 Å². The third kappa shape index (κ3) is 5.16. The first-order valence-electron chi connectivity index (χ1n) is 8.86. The number of morpholine rings is 1. The van der Waals surface area contributed by atoms with Crippen molar-refractivity contribution in [2.24, 2.45) is 0 Å². The second-order valence-electron chi connectivity index (χ2n) is 6.46. The lowest BCUT2D eigenvalue weighted by molar-refractivity contribution is -0.116. The number of nitrogens with zero attached hydrogens (tertiary/aromatic N) is 2. The van der Waals surface area contributed by atoms with E-state index >= 15 is 0 Å². The summed E-state index contributed by atoms with van der Waals surface area (Å²) < 4.78 is 44.8. The number of halogens is 2. The van der Waals surface area contributed by atoms with E-state index in [1.54, 1.807) is 4.90 Å². The predicted octanol–water partition coefficient (Wildman–Crippen LogP) is 2.27. The van der Waals surface area contributed by atoms with E-state index in [4.69, 9.17) is 16.3 Å². The van der Waals surface area contributed by atoms with Gasteiger partial charge in [-0.05, 0) is 30.3 Å². The SMILES string of the molecule is CN(CC(=O)Nc1ccc(F)c(Cl)c1)S(=O)(=O)c1ccc(C(=O)N2CCOCC2)s1. The minimum atomic E-state index is -3.98. The number of anilines is 1. The molecule has 162 valence electrons. The summed E-state index contributed by atoms with van der Waals surface area (Å²) in [6.45, 7) is 1.32. The third-order valence-corrected chi connectivity index (χ3v) is 7.96. The molecule has 30 heavy (non-hydrogen) atoms. The average molecular weight is 476 g/mol. The van der Waals surface area contributed by atoms with Crippen LogP contribution in [0.2, 0.25) is 5.02 Å². The van der Waals surface area contributed by atoms with Gasteiger partial charge in [0.15, 0.2) is 0 Å². The monoisotopic (exact) mass is 475 g/mol. The Bertz CT molecular complexity index is 1050. The zero-order valence-corrected chi connectivity index (χ0v) is 18.3. The van der Waals surface area contributed by atoms with E-state index in [0.29, 0.717) is 31.2 Å². The van der Waals surface area contributed by atoms with Crippen molar-refractivity contribution < 1.29 is 27.1 Å². The van der Waals surface area contributed by atoms with Crippen LogP contribution < -0.4 is 5.32 Å². The van der Waals surface area contributed by atoms with Crippen molar-refractivity contribution in [3.8, 4) is 0 Å². The molecule has 1 aromatic heterocycles. The second-order valence-corrected chi connectivity index (χ2v) is 10.2. The lowest BCUT2D eigenvalue weighted by atomic mass is 10.3. The van der Waals surface area contributed by atoms with Crippen LogP contribution in [0.5, 0.6) is 0 Å². The Hall–Kier alpha value is -2.05. The van der Waals surface area contributed by atoms with Gasteiger partial charge in [0, 0.05) is 25.8 Å². The predicted molar refractivity (Wildman–Crippen MR) is 111 cm³/mol. The second kappa shape index (κ2) is 9.40. The van der Waals surface area contributed by atoms with Gasteiger partial charge in [0.2, 0.25) is 5.91 Å². The van der Waals surface area contributed by atoms with Gasteiger partial charge in [-0.3, -0.25) is 9.59 Å². The molecule has 1 aromatic carbocycles. The Balaban J connectivity index is 1.65. The maximum Gasteiger partial charge on any atom is 0.264 e. The molecule has 1 aliphatic heterocycles. The highest BCUT2D eigenvalue weighted by molar-refractivity contribution is 7.91. The summed E-state index contributed by atoms with van der Waals surface area (Å²) in [5, 5.41) is 2.30. The summed E-state index contributed by atoms with van der Waals surface area (Å²) in [7, 11) is -2.72. The van der Waals surface area contributed by atoms with Crippen LogP contribution in [0.1, 0.15) is 9.67 Å². The number of carbonyl (C=O) groups is 2. The van der Waals surface area contributed by atoms with E-state index in [-0.39, 0.29) is 20.8 Å². The zero-order chi connectivity index (χ0) is 21.9. The topological polar surface area (TPSA) is 96.0 Å². The summed E-state index contributed by atoms with van der Waals surface area (Å²) >= 11 is 6.52. The maximum absolute atomic E-state index is 13.2. The smallest absolute Gasteiger partial charge is 0.264 e. The zero-order valence-electron chi connectivity index (χ0n) is 15.9. The average Bonchev–Trinajstić information content (AvgIpc) is 3.22. The molecule has 12 heteroatoms. The van der Waals surface area contributed by atoms with Gasteiger partial charge < -0.3 is 15.0 Å². The molecule has 2 amide bonds. The molecule has 0 unspecified atom stereocenters. The number of likely N-dealkylation sites (N-methyl/N-ethyl adjacent to an activating group) is 1. The van der Waals surface area contributed by atoms with Gasteiger partial charge in [0.25, 0.3) is 15.9 Å². The van der Waals surface area contributed by atoms with Gasteiger partial charge in [-0.25, -0.2) is 12.8 Å². The summed E-state index contributed by atoms with van der Waals surface area (Å²) in [4.78, 5) is 26.6. The highest BCUT2D eigenvalue weighted by atomic mass is 35.5. The Labute approximate surface area is 182 Å². The van der Waals surface area contributed by atoms with Crippen LogP contribution in [0, 0.1) is 5.82 Å². The summed E-state index contributed by atoms with van der Waals surface area (Å²) in [5.41, 5.74) is 0.242. The van der Waals surface area contributed by atoms with Crippen LogP contribution in [0.3, 0.4) is 0 Å². The molecule has 2 aromatic rings. The quantitative estimate of drug-likeness (QED) is 0.691. The number of ether oxygens (including phenoxy) is 1. The summed E-state index contributed by atoms with van der Waals surface area (Å²) in [6.07, 6.45) is 0. The normalized spacial score (nSPS) is 14.7. The summed E-state index contributed by atoms with van der Waals surface area (Å²) in [5.74, 6) is -1.50. The molecule has 3 rings (SSSR count). The fraction of sp³-hybridized carbons (Fsp3) is 0.333. The van der Waals surface area contributed by atoms with Crippen molar-refractivity contribution in [1.82, 2.24) is 9.21 Å². The van der Waals surface area contributed by atoms with Gasteiger partial charge in [0.1, 0.15) is 10.0 Å². The van der Waals surface area contributed by atoms with Crippen molar-refractivity contribution >= 4 is 50.5 Å². The number of hydrogen-bond acceptors (Lipinski definition) is 6. The molecule has 0 aliphatic carbocycles. The largest absolute Gasteiger partial charge is 0.378 e. The molecular formula is C18H19ClFN3O5S2. The lowest BCUT2D eigenvalue weighted by Crippen LogP contribution is -2.40. The number of hydrogen-bond donors (Lipinski definition) is 1. The van der Waals surface area contributed by atoms with Crippen molar-refractivity contribution in [3.63, 3.8) is 0 Å². The van der Waals surface area contributed by atoms with E-state index in [2.05, 4.69) is 5.32 Å². The first-order valence-corrected chi connectivity index (χ1v) is 11.5.